The standard InChI is InChI=1S/C7H13NO.C6H6F2N2O4S/c1-7(9)8-5-3-2-4-6-8;1-13-6(7,8)4-9-10-5(15-4)14-2-3(11)12/h2-6H2,1H3;2H2,1H3,(H,11,12). The van der Waals surface area contributed by atoms with E-state index in [1.54, 1.807) is 6.92 Å². The van der Waals surface area contributed by atoms with E-state index in [1.807, 2.05) is 4.90 Å². The number of carbonyl (C=O) groups is 2. The second-order valence-electron chi connectivity index (χ2n) is 4.84. The first kappa shape index (κ1) is 20.2. The first-order chi connectivity index (χ1) is 11.3. The number of aromatic nitrogens is 2. The summed E-state index contributed by atoms with van der Waals surface area (Å²) < 4.78 is 34.0. The minimum atomic E-state index is -3.54. The number of methoxy groups -OCH3 is 1. The van der Waals surface area contributed by atoms with Crippen molar-refractivity contribution in [3.8, 4) is 5.19 Å². The van der Waals surface area contributed by atoms with Crippen LogP contribution >= 0.6 is 11.3 Å². The van der Waals surface area contributed by atoms with Gasteiger partial charge in [0.1, 0.15) is 0 Å². The lowest BCUT2D eigenvalue weighted by molar-refractivity contribution is -0.231. The van der Waals surface area contributed by atoms with Crippen molar-refractivity contribution in [1.82, 2.24) is 15.1 Å². The minimum Gasteiger partial charge on any atom is -0.479 e. The van der Waals surface area contributed by atoms with E-state index in [9.17, 15) is 18.4 Å². The van der Waals surface area contributed by atoms with Crippen LogP contribution in [0.25, 0.3) is 0 Å². The minimum absolute atomic E-state index is 0.231. The fourth-order valence-electron chi connectivity index (χ4n) is 1.81. The van der Waals surface area contributed by atoms with Crippen LogP contribution < -0.4 is 4.74 Å². The predicted octanol–water partition coefficient (Wildman–Crippen LogP) is 1.72. The summed E-state index contributed by atoms with van der Waals surface area (Å²) >= 11 is 0.424. The lowest BCUT2D eigenvalue weighted by Gasteiger charge is -2.24. The largest absolute Gasteiger partial charge is 0.479 e. The summed E-state index contributed by atoms with van der Waals surface area (Å²) in [7, 11) is 0.819. The van der Waals surface area contributed by atoms with Gasteiger partial charge < -0.3 is 19.5 Å². The molecule has 1 aliphatic rings. The Labute approximate surface area is 141 Å². The van der Waals surface area contributed by atoms with E-state index < -0.39 is 23.7 Å². The number of halogens is 2. The topological polar surface area (TPSA) is 102 Å². The van der Waals surface area contributed by atoms with E-state index >= 15 is 0 Å². The molecule has 2 rings (SSSR count). The molecule has 1 amide bonds. The van der Waals surface area contributed by atoms with Crippen LogP contribution in [0.15, 0.2) is 0 Å². The number of carboxylic acids is 1. The smallest absolute Gasteiger partial charge is 0.411 e. The monoisotopic (exact) mass is 367 g/mol. The normalized spacial score (nSPS) is 14.6. The molecule has 0 saturated carbocycles. The summed E-state index contributed by atoms with van der Waals surface area (Å²) in [5.41, 5.74) is 0. The lowest BCUT2D eigenvalue weighted by Crippen LogP contribution is -2.33. The Morgan fingerprint density at radius 1 is 1.29 bits per heavy atom. The molecule has 0 atom stereocenters. The Morgan fingerprint density at radius 3 is 2.38 bits per heavy atom. The molecule has 11 heteroatoms. The number of carboxylic acid groups (broad SMARTS) is 1. The number of hydrogen-bond donors (Lipinski definition) is 1. The maximum atomic E-state index is 12.8. The molecule has 1 saturated heterocycles. The molecule has 2 heterocycles. The van der Waals surface area contributed by atoms with Gasteiger partial charge >= 0.3 is 12.1 Å². The third-order valence-electron chi connectivity index (χ3n) is 3.03. The number of likely N-dealkylation sites (tertiary alicyclic amines) is 1. The van der Waals surface area contributed by atoms with Gasteiger partial charge in [-0.05, 0) is 19.3 Å². The fraction of sp³-hybridized carbons (Fsp3) is 0.692. The second-order valence-corrected chi connectivity index (χ2v) is 5.78. The van der Waals surface area contributed by atoms with Gasteiger partial charge in [0.25, 0.3) is 5.19 Å². The van der Waals surface area contributed by atoms with Crippen molar-refractivity contribution < 1.29 is 33.0 Å². The van der Waals surface area contributed by atoms with Gasteiger partial charge in [0.15, 0.2) is 6.61 Å². The van der Waals surface area contributed by atoms with E-state index in [1.165, 1.54) is 19.3 Å². The van der Waals surface area contributed by atoms with Gasteiger partial charge in [-0.25, -0.2) is 4.79 Å². The number of piperidine rings is 1. The Kier molecular flexibility index (Phi) is 7.92. The van der Waals surface area contributed by atoms with Gasteiger partial charge in [-0.15, -0.1) is 5.10 Å². The number of hydrogen-bond acceptors (Lipinski definition) is 7. The van der Waals surface area contributed by atoms with Gasteiger partial charge in [0.2, 0.25) is 10.9 Å². The number of ether oxygens (including phenoxy) is 2. The van der Waals surface area contributed by atoms with Crippen LogP contribution in [0.5, 0.6) is 5.19 Å². The number of alkyl halides is 2. The first-order valence-corrected chi connectivity index (χ1v) is 7.95. The van der Waals surface area contributed by atoms with Crippen molar-refractivity contribution in [3.63, 3.8) is 0 Å². The lowest BCUT2D eigenvalue weighted by atomic mass is 10.1. The Morgan fingerprint density at radius 2 is 1.92 bits per heavy atom. The van der Waals surface area contributed by atoms with E-state index in [0.29, 0.717) is 11.3 Å². The molecule has 1 fully saturated rings. The zero-order valence-corrected chi connectivity index (χ0v) is 14.1. The van der Waals surface area contributed by atoms with Crippen molar-refractivity contribution >= 4 is 23.2 Å². The highest BCUT2D eigenvalue weighted by atomic mass is 32.1. The number of aliphatic carboxylic acids is 1. The highest BCUT2D eigenvalue weighted by Crippen LogP contribution is 2.33. The summed E-state index contributed by atoms with van der Waals surface area (Å²) in [6.45, 7) is 2.95. The SMILES string of the molecule is CC(=O)N1CCCCC1.COC(F)(F)c1nnc(OCC(=O)O)s1. The molecular formula is C13H19F2N3O5S. The molecule has 0 unspecified atom stereocenters. The van der Waals surface area contributed by atoms with Crippen LogP contribution in [0.1, 0.15) is 31.2 Å². The van der Waals surface area contributed by atoms with Crippen LogP contribution in [0, 0.1) is 0 Å². The van der Waals surface area contributed by atoms with Gasteiger partial charge in [-0.1, -0.05) is 16.4 Å². The summed E-state index contributed by atoms with van der Waals surface area (Å²) in [6.07, 6.45) is 0.144. The third kappa shape index (κ3) is 6.71. The molecular weight excluding hydrogens is 348 g/mol. The molecule has 0 aromatic carbocycles. The van der Waals surface area contributed by atoms with E-state index in [0.717, 1.165) is 20.2 Å². The quantitative estimate of drug-likeness (QED) is 0.845. The fourth-order valence-corrected chi connectivity index (χ4v) is 2.45. The summed E-state index contributed by atoms with van der Waals surface area (Å²) in [6, 6.07) is 0. The molecule has 0 spiro atoms. The maximum absolute atomic E-state index is 12.8. The summed E-state index contributed by atoms with van der Waals surface area (Å²) in [4.78, 5) is 22.7. The van der Waals surface area contributed by atoms with Gasteiger partial charge in [-0.2, -0.15) is 8.78 Å². The van der Waals surface area contributed by atoms with Crippen molar-refractivity contribution in [2.24, 2.45) is 0 Å². The second kappa shape index (κ2) is 9.42. The maximum Gasteiger partial charge on any atom is 0.411 e. The predicted molar refractivity (Wildman–Crippen MR) is 80.0 cm³/mol. The van der Waals surface area contributed by atoms with E-state index in [4.69, 9.17) is 5.11 Å². The van der Waals surface area contributed by atoms with Gasteiger partial charge in [-0.3, -0.25) is 4.79 Å². The Hall–Kier alpha value is -1.88. The number of rotatable bonds is 5. The first-order valence-electron chi connectivity index (χ1n) is 7.13. The van der Waals surface area contributed by atoms with Crippen LogP contribution in [-0.4, -0.2) is 58.9 Å². The van der Waals surface area contributed by atoms with Crippen molar-refractivity contribution in [2.45, 2.75) is 32.3 Å². The molecule has 0 radical (unpaired) electrons. The Balaban J connectivity index is 0.000000272. The molecule has 1 N–H and O–H groups in total. The van der Waals surface area contributed by atoms with Crippen molar-refractivity contribution in [3.05, 3.63) is 5.01 Å². The Bertz CT molecular complexity index is 549. The van der Waals surface area contributed by atoms with E-state index in [2.05, 4.69) is 19.7 Å². The highest BCUT2D eigenvalue weighted by Gasteiger charge is 2.36. The molecule has 0 aliphatic carbocycles. The number of amides is 1. The molecule has 1 aromatic heterocycles. The third-order valence-corrected chi connectivity index (χ3v) is 3.92. The molecule has 1 aliphatic heterocycles. The molecule has 136 valence electrons. The average Bonchev–Trinajstić information content (AvgIpc) is 3.04. The van der Waals surface area contributed by atoms with E-state index in [-0.39, 0.29) is 11.1 Å². The molecule has 1 aromatic rings. The summed E-state index contributed by atoms with van der Waals surface area (Å²) in [5.74, 6) is -1.00. The van der Waals surface area contributed by atoms with Crippen molar-refractivity contribution in [2.75, 3.05) is 26.8 Å². The van der Waals surface area contributed by atoms with Crippen LogP contribution in [0.3, 0.4) is 0 Å². The van der Waals surface area contributed by atoms with Gasteiger partial charge in [0, 0.05) is 27.1 Å². The van der Waals surface area contributed by atoms with Crippen molar-refractivity contribution in [1.29, 1.82) is 0 Å². The highest BCUT2D eigenvalue weighted by molar-refractivity contribution is 7.13. The number of carbonyl (C=O) groups excluding carboxylic acids is 1. The van der Waals surface area contributed by atoms with Gasteiger partial charge in [0.05, 0.1) is 0 Å². The average molecular weight is 367 g/mol. The van der Waals surface area contributed by atoms with Crippen LogP contribution in [0.2, 0.25) is 0 Å². The number of nitrogens with zero attached hydrogens (tertiary/aromatic N) is 3. The molecule has 8 nitrogen and oxygen atoms in total. The zero-order valence-electron chi connectivity index (χ0n) is 13.3. The molecule has 0 bridgehead atoms. The summed E-state index contributed by atoms with van der Waals surface area (Å²) in [5, 5.41) is 13.6. The van der Waals surface area contributed by atoms with Crippen LogP contribution in [0.4, 0.5) is 8.78 Å². The van der Waals surface area contributed by atoms with Crippen LogP contribution in [-0.2, 0) is 20.4 Å². The zero-order chi connectivity index (χ0) is 18.2. The molecule has 24 heavy (non-hydrogen) atoms.